The highest BCUT2D eigenvalue weighted by Crippen LogP contribution is 2.36. The molecule has 1 aromatic rings. The standard InChI is InChI=1S/C12H15BClNO3.ClH/c1-12(2)6-16-8-4-3-7(14)10-9(5-15)17-13(18-12)11(8)10;/h3-4,9H,5-6,15H2,1-2H3;1H/t9-;/m1./s1. The predicted molar refractivity (Wildman–Crippen MR) is 77.6 cm³/mol. The lowest BCUT2D eigenvalue weighted by Crippen LogP contribution is -2.40. The smallest absolute Gasteiger partial charge is 0.491 e. The Hall–Kier alpha value is -0.455. The van der Waals surface area contributed by atoms with Crippen molar-refractivity contribution in [3.8, 4) is 5.75 Å². The van der Waals surface area contributed by atoms with Gasteiger partial charge in [0, 0.05) is 22.6 Å². The first-order valence-electron chi connectivity index (χ1n) is 6.00. The molecule has 1 aromatic carbocycles. The van der Waals surface area contributed by atoms with Crippen LogP contribution in [-0.2, 0) is 9.31 Å². The van der Waals surface area contributed by atoms with Crippen LogP contribution in [0.1, 0.15) is 25.5 Å². The fourth-order valence-electron chi connectivity index (χ4n) is 2.41. The van der Waals surface area contributed by atoms with E-state index in [2.05, 4.69) is 0 Å². The summed E-state index contributed by atoms with van der Waals surface area (Å²) in [5.41, 5.74) is 7.12. The molecule has 0 fully saturated rings. The zero-order valence-electron chi connectivity index (χ0n) is 10.8. The van der Waals surface area contributed by atoms with Crippen molar-refractivity contribution in [3.05, 3.63) is 22.7 Å². The highest BCUT2D eigenvalue weighted by Gasteiger charge is 2.46. The van der Waals surface area contributed by atoms with Crippen LogP contribution >= 0.6 is 24.0 Å². The lowest BCUT2D eigenvalue weighted by Gasteiger charge is -2.25. The van der Waals surface area contributed by atoms with E-state index in [1.165, 1.54) is 0 Å². The monoisotopic (exact) mass is 303 g/mol. The maximum Gasteiger partial charge on any atom is 0.499 e. The second-order valence-corrected chi connectivity index (χ2v) is 5.64. The van der Waals surface area contributed by atoms with Crippen LogP contribution in [0.4, 0.5) is 0 Å². The first-order chi connectivity index (χ1) is 8.52. The maximum absolute atomic E-state index is 6.24. The molecule has 2 N–H and O–H groups in total. The SMILES string of the molecule is CC1(C)COc2ccc(Cl)c3c2B(O[C@@H]3CN)O1.Cl. The zero-order valence-corrected chi connectivity index (χ0v) is 12.4. The second kappa shape index (κ2) is 5.15. The number of halogens is 2. The fraction of sp³-hybridized carbons (Fsp3) is 0.500. The highest BCUT2D eigenvalue weighted by molar-refractivity contribution is 6.65. The molecule has 104 valence electrons. The minimum atomic E-state index is -0.445. The Labute approximate surface area is 124 Å². The summed E-state index contributed by atoms with van der Waals surface area (Å²) in [5.74, 6) is 0.779. The minimum Gasteiger partial charge on any atom is -0.491 e. The van der Waals surface area contributed by atoms with Gasteiger partial charge >= 0.3 is 7.12 Å². The Morgan fingerprint density at radius 3 is 2.89 bits per heavy atom. The number of benzene rings is 1. The van der Waals surface area contributed by atoms with Crippen LogP contribution in [0.5, 0.6) is 5.75 Å². The van der Waals surface area contributed by atoms with E-state index in [0.717, 1.165) is 16.8 Å². The van der Waals surface area contributed by atoms with E-state index in [9.17, 15) is 0 Å². The summed E-state index contributed by atoms with van der Waals surface area (Å²) in [6.45, 7) is 4.79. The molecule has 0 aliphatic carbocycles. The summed E-state index contributed by atoms with van der Waals surface area (Å²) >= 11 is 6.24. The summed E-state index contributed by atoms with van der Waals surface area (Å²) in [6, 6.07) is 3.68. The highest BCUT2D eigenvalue weighted by atomic mass is 35.5. The van der Waals surface area contributed by atoms with Gasteiger partial charge in [-0.1, -0.05) is 11.6 Å². The molecule has 19 heavy (non-hydrogen) atoms. The van der Waals surface area contributed by atoms with Crippen molar-refractivity contribution < 1.29 is 14.0 Å². The van der Waals surface area contributed by atoms with Crippen molar-refractivity contribution in [1.82, 2.24) is 0 Å². The molecule has 7 heteroatoms. The average molecular weight is 304 g/mol. The molecule has 0 amide bonds. The third-order valence-electron chi connectivity index (χ3n) is 3.25. The van der Waals surface area contributed by atoms with Gasteiger partial charge in [0.25, 0.3) is 0 Å². The van der Waals surface area contributed by atoms with Gasteiger partial charge in [-0.25, -0.2) is 0 Å². The van der Waals surface area contributed by atoms with Crippen molar-refractivity contribution in [3.63, 3.8) is 0 Å². The summed E-state index contributed by atoms with van der Waals surface area (Å²) in [5, 5.41) is 0.651. The maximum atomic E-state index is 6.24. The van der Waals surface area contributed by atoms with Crippen LogP contribution < -0.4 is 15.9 Å². The molecule has 0 bridgehead atoms. The van der Waals surface area contributed by atoms with Crippen LogP contribution in [0.25, 0.3) is 0 Å². The van der Waals surface area contributed by atoms with E-state index in [1.54, 1.807) is 0 Å². The number of ether oxygens (including phenoxy) is 1. The lowest BCUT2D eigenvalue weighted by molar-refractivity contribution is 0.0282. The molecule has 4 nitrogen and oxygen atoms in total. The van der Waals surface area contributed by atoms with E-state index >= 15 is 0 Å². The Morgan fingerprint density at radius 2 is 2.21 bits per heavy atom. The van der Waals surface area contributed by atoms with Crippen molar-refractivity contribution in [2.45, 2.75) is 25.6 Å². The Morgan fingerprint density at radius 1 is 1.47 bits per heavy atom. The predicted octanol–water partition coefficient (Wildman–Crippen LogP) is 1.67. The normalized spacial score (nSPS) is 23.2. The van der Waals surface area contributed by atoms with Crippen molar-refractivity contribution >= 4 is 36.6 Å². The molecule has 3 rings (SSSR count). The second-order valence-electron chi connectivity index (χ2n) is 5.23. The third kappa shape index (κ3) is 2.46. The van der Waals surface area contributed by atoms with Gasteiger partial charge in [-0.05, 0) is 26.0 Å². The first-order valence-corrected chi connectivity index (χ1v) is 6.38. The summed E-state index contributed by atoms with van der Waals surface area (Å²) in [6.07, 6.45) is -0.227. The van der Waals surface area contributed by atoms with Crippen LogP contribution in [0, 0.1) is 0 Å². The van der Waals surface area contributed by atoms with Gasteiger partial charge in [0.1, 0.15) is 12.4 Å². The fourth-order valence-corrected chi connectivity index (χ4v) is 2.69. The number of rotatable bonds is 1. The van der Waals surface area contributed by atoms with Crippen LogP contribution in [0.3, 0.4) is 0 Å². The van der Waals surface area contributed by atoms with E-state index in [-0.39, 0.29) is 18.5 Å². The molecule has 0 saturated heterocycles. The van der Waals surface area contributed by atoms with E-state index in [4.69, 9.17) is 31.4 Å². The molecule has 1 atom stereocenters. The average Bonchev–Trinajstić information content (AvgIpc) is 2.61. The quantitative estimate of drug-likeness (QED) is 0.802. The van der Waals surface area contributed by atoms with Crippen LogP contribution in [0.2, 0.25) is 5.02 Å². The summed E-state index contributed by atoms with van der Waals surface area (Å²) < 4.78 is 17.6. The molecule has 0 saturated carbocycles. The molecule has 2 aliphatic heterocycles. The summed E-state index contributed by atoms with van der Waals surface area (Å²) in [7, 11) is -0.445. The summed E-state index contributed by atoms with van der Waals surface area (Å²) in [4.78, 5) is 0. The number of hydrogen-bond acceptors (Lipinski definition) is 4. The molecule has 2 heterocycles. The van der Waals surface area contributed by atoms with E-state index in [0.29, 0.717) is 18.2 Å². The number of hydrogen-bond donors (Lipinski definition) is 1. The van der Waals surface area contributed by atoms with Gasteiger partial charge in [-0.3, -0.25) is 0 Å². The Balaban J connectivity index is 0.00000133. The van der Waals surface area contributed by atoms with E-state index < -0.39 is 12.7 Å². The van der Waals surface area contributed by atoms with Gasteiger partial charge in [-0.15, -0.1) is 12.4 Å². The van der Waals surface area contributed by atoms with Crippen molar-refractivity contribution in [2.24, 2.45) is 5.73 Å². The van der Waals surface area contributed by atoms with Gasteiger partial charge < -0.3 is 19.8 Å². The Kier molecular flexibility index (Phi) is 4.05. The van der Waals surface area contributed by atoms with Gasteiger partial charge in [0.2, 0.25) is 0 Å². The van der Waals surface area contributed by atoms with E-state index in [1.807, 2.05) is 26.0 Å². The van der Waals surface area contributed by atoms with Crippen LogP contribution in [-0.4, -0.2) is 25.9 Å². The van der Waals surface area contributed by atoms with Gasteiger partial charge in [0.15, 0.2) is 0 Å². The van der Waals surface area contributed by atoms with Crippen molar-refractivity contribution in [2.75, 3.05) is 13.2 Å². The lowest BCUT2D eigenvalue weighted by atomic mass is 9.77. The third-order valence-corrected chi connectivity index (χ3v) is 3.58. The molecule has 2 aliphatic rings. The largest absolute Gasteiger partial charge is 0.499 e. The number of nitrogens with two attached hydrogens (primary N) is 1. The topological polar surface area (TPSA) is 53.7 Å². The molecular weight excluding hydrogens is 288 g/mol. The van der Waals surface area contributed by atoms with Crippen LogP contribution in [0.15, 0.2) is 12.1 Å². The molecular formula is C12H16BCl2NO3. The zero-order chi connectivity index (χ0) is 12.9. The molecule has 0 radical (unpaired) electrons. The Bertz CT molecular complexity index is 498. The molecule has 0 aromatic heterocycles. The van der Waals surface area contributed by atoms with Gasteiger partial charge in [0.05, 0.1) is 11.7 Å². The minimum absolute atomic E-state index is 0. The first kappa shape index (κ1) is 14.9. The molecule has 0 unspecified atom stereocenters. The molecule has 0 spiro atoms. The van der Waals surface area contributed by atoms with Gasteiger partial charge in [-0.2, -0.15) is 0 Å². The van der Waals surface area contributed by atoms with Crippen molar-refractivity contribution in [1.29, 1.82) is 0 Å².